The average Bonchev–Trinajstić information content (AvgIpc) is 3.36. The van der Waals surface area contributed by atoms with Crippen LogP contribution in [0.15, 0.2) is 18.2 Å². The number of aryl methyl sites for hydroxylation is 2. The first kappa shape index (κ1) is 18.2. The molecule has 0 saturated carbocycles. The van der Waals surface area contributed by atoms with Gasteiger partial charge < -0.3 is 9.64 Å². The van der Waals surface area contributed by atoms with Crippen molar-refractivity contribution in [1.82, 2.24) is 10.2 Å². The van der Waals surface area contributed by atoms with Gasteiger partial charge in [0, 0.05) is 11.8 Å². The largest absolute Gasteiger partial charge is 0.484 e. The molecular formula is C21H30N2O2S. The van der Waals surface area contributed by atoms with Crippen molar-refractivity contribution in [3.8, 4) is 5.75 Å². The number of carbonyl (C=O) groups excluding carboxylic acids is 1. The maximum atomic E-state index is 13.0. The molecule has 2 aliphatic heterocycles. The molecule has 3 aliphatic rings. The van der Waals surface area contributed by atoms with Crippen molar-refractivity contribution in [2.75, 3.05) is 25.4 Å². The van der Waals surface area contributed by atoms with E-state index >= 15 is 0 Å². The normalized spacial score (nSPS) is 25.1. The zero-order valence-corrected chi connectivity index (χ0v) is 16.4. The van der Waals surface area contributed by atoms with Gasteiger partial charge in [0.05, 0.1) is 6.17 Å². The number of rotatable bonds is 6. The molecule has 1 N–H and O–H groups in total. The molecule has 26 heavy (non-hydrogen) atoms. The Labute approximate surface area is 161 Å². The Bertz CT molecular complexity index is 624. The van der Waals surface area contributed by atoms with Crippen molar-refractivity contribution in [3.05, 3.63) is 29.3 Å². The molecule has 1 aromatic carbocycles. The number of nitrogens with one attached hydrogen (secondary N) is 1. The monoisotopic (exact) mass is 374 g/mol. The average molecular weight is 375 g/mol. The molecule has 1 aromatic rings. The zero-order chi connectivity index (χ0) is 17.8. The van der Waals surface area contributed by atoms with Crippen LogP contribution in [0.25, 0.3) is 0 Å². The number of nitrogens with zero attached hydrogens (tertiary/aromatic N) is 1. The van der Waals surface area contributed by atoms with E-state index in [9.17, 15) is 4.79 Å². The summed E-state index contributed by atoms with van der Waals surface area (Å²) in [6.45, 7) is 2.01. The van der Waals surface area contributed by atoms with Gasteiger partial charge >= 0.3 is 0 Å². The van der Waals surface area contributed by atoms with E-state index in [4.69, 9.17) is 4.74 Å². The number of fused-ring (bicyclic) bond motifs is 1. The third-order valence-corrected chi connectivity index (χ3v) is 7.22. The highest BCUT2D eigenvalue weighted by Gasteiger charge is 2.29. The standard InChI is InChI=1S/C21H30N2O2S/c24-21(15-25-18-10-9-16-5-3-6-17(16)13-18)23(14-19-7-4-12-26-19)20-8-1-2-11-22-20/h9-10,13,19-20,22H,1-8,11-12,14-15H2. The van der Waals surface area contributed by atoms with Gasteiger partial charge in [-0.2, -0.15) is 11.8 Å². The lowest BCUT2D eigenvalue weighted by molar-refractivity contribution is -0.137. The van der Waals surface area contributed by atoms with Crippen LogP contribution in [-0.2, 0) is 17.6 Å². The first-order valence-electron chi connectivity index (χ1n) is 10.2. The first-order valence-corrected chi connectivity index (χ1v) is 11.2. The summed E-state index contributed by atoms with van der Waals surface area (Å²) >= 11 is 2.02. The second-order valence-electron chi connectivity index (χ2n) is 7.72. The summed E-state index contributed by atoms with van der Waals surface area (Å²) in [5.74, 6) is 2.19. The Morgan fingerprint density at radius 2 is 2.08 bits per heavy atom. The van der Waals surface area contributed by atoms with Crippen LogP contribution in [0.1, 0.15) is 49.7 Å². The van der Waals surface area contributed by atoms with Crippen LogP contribution >= 0.6 is 11.8 Å². The van der Waals surface area contributed by atoms with Gasteiger partial charge in [0.15, 0.2) is 6.61 Å². The molecule has 5 heteroatoms. The van der Waals surface area contributed by atoms with E-state index in [2.05, 4.69) is 22.3 Å². The number of amides is 1. The number of hydrogen-bond donors (Lipinski definition) is 1. The highest BCUT2D eigenvalue weighted by molar-refractivity contribution is 8.00. The zero-order valence-electron chi connectivity index (χ0n) is 15.5. The molecule has 142 valence electrons. The Kier molecular flexibility index (Phi) is 6.05. The third-order valence-electron chi connectivity index (χ3n) is 5.84. The number of benzene rings is 1. The summed E-state index contributed by atoms with van der Waals surface area (Å²) in [5, 5.41) is 4.13. The fourth-order valence-corrected chi connectivity index (χ4v) is 5.64. The van der Waals surface area contributed by atoms with Crippen molar-refractivity contribution < 1.29 is 9.53 Å². The minimum atomic E-state index is 0.123. The van der Waals surface area contributed by atoms with Gasteiger partial charge in [-0.3, -0.25) is 10.1 Å². The van der Waals surface area contributed by atoms with Crippen LogP contribution in [0, 0.1) is 0 Å². The number of hydrogen-bond acceptors (Lipinski definition) is 4. The van der Waals surface area contributed by atoms with E-state index in [1.54, 1.807) is 0 Å². The second-order valence-corrected chi connectivity index (χ2v) is 9.13. The van der Waals surface area contributed by atoms with Gasteiger partial charge in [-0.05, 0) is 86.9 Å². The predicted octanol–water partition coefficient (Wildman–Crippen LogP) is 3.38. The van der Waals surface area contributed by atoms with E-state index in [0.29, 0.717) is 5.25 Å². The lowest BCUT2D eigenvalue weighted by atomic mass is 10.1. The summed E-state index contributed by atoms with van der Waals surface area (Å²) in [6, 6.07) is 6.32. The van der Waals surface area contributed by atoms with Crippen molar-refractivity contribution in [2.24, 2.45) is 0 Å². The molecule has 1 aliphatic carbocycles. The maximum absolute atomic E-state index is 13.0. The van der Waals surface area contributed by atoms with Gasteiger partial charge in [-0.15, -0.1) is 0 Å². The molecule has 0 radical (unpaired) electrons. The molecule has 2 unspecified atom stereocenters. The van der Waals surface area contributed by atoms with Crippen LogP contribution in [0.4, 0.5) is 0 Å². The lowest BCUT2D eigenvalue weighted by Gasteiger charge is -2.36. The van der Waals surface area contributed by atoms with Gasteiger partial charge in [0.2, 0.25) is 0 Å². The Morgan fingerprint density at radius 1 is 1.15 bits per heavy atom. The van der Waals surface area contributed by atoms with E-state index in [0.717, 1.165) is 31.7 Å². The van der Waals surface area contributed by atoms with Crippen LogP contribution in [0.5, 0.6) is 5.75 Å². The molecule has 2 heterocycles. The van der Waals surface area contributed by atoms with Crippen molar-refractivity contribution in [1.29, 1.82) is 0 Å². The summed E-state index contributed by atoms with van der Waals surface area (Å²) < 4.78 is 5.90. The second kappa shape index (κ2) is 8.66. The molecular weight excluding hydrogens is 344 g/mol. The Balaban J connectivity index is 1.38. The number of thioether (sulfide) groups is 1. The minimum absolute atomic E-state index is 0.123. The molecule has 2 fully saturated rings. The molecule has 4 nitrogen and oxygen atoms in total. The number of ether oxygens (including phenoxy) is 1. The fraction of sp³-hybridized carbons (Fsp3) is 0.667. The van der Waals surface area contributed by atoms with Crippen LogP contribution in [0.2, 0.25) is 0 Å². The highest BCUT2D eigenvalue weighted by Crippen LogP contribution is 2.29. The Hall–Kier alpha value is -1.20. The molecule has 0 aromatic heterocycles. The van der Waals surface area contributed by atoms with Gasteiger partial charge in [0.1, 0.15) is 5.75 Å². The van der Waals surface area contributed by atoms with E-state index in [1.165, 1.54) is 55.4 Å². The van der Waals surface area contributed by atoms with Gasteiger partial charge in [0.25, 0.3) is 5.91 Å². The summed E-state index contributed by atoms with van der Waals surface area (Å²) in [5.41, 5.74) is 2.83. The number of carbonyl (C=O) groups is 1. The quantitative estimate of drug-likeness (QED) is 0.829. The van der Waals surface area contributed by atoms with Crippen molar-refractivity contribution in [2.45, 2.75) is 62.8 Å². The molecule has 2 atom stereocenters. The topological polar surface area (TPSA) is 41.6 Å². The van der Waals surface area contributed by atoms with Crippen LogP contribution in [0.3, 0.4) is 0 Å². The van der Waals surface area contributed by atoms with Crippen LogP contribution < -0.4 is 10.1 Å². The first-order chi connectivity index (χ1) is 12.8. The summed E-state index contributed by atoms with van der Waals surface area (Å²) in [7, 11) is 0. The van der Waals surface area contributed by atoms with E-state index < -0.39 is 0 Å². The summed E-state index contributed by atoms with van der Waals surface area (Å²) in [4.78, 5) is 15.1. The van der Waals surface area contributed by atoms with E-state index in [1.807, 2.05) is 17.8 Å². The van der Waals surface area contributed by atoms with E-state index in [-0.39, 0.29) is 18.7 Å². The predicted molar refractivity (Wildman–Crippen MR) is 107 cm³/mol. The van der Waals surface area contributed by atoms with Gasteiger partial charge in [-0.1, -0.05) is 6.07 Å². The molecule has 0 bridgehead atoms. The van der Waals surface area contributed by atoms with Gasteiger partial charge in [-0.25, -0.2) is 0 Å². The highest BCUT2D eigenvalue weighted by atomic mass is 32.2. The number of piperidine rings is 1. The van der Waals surface area contributed by atoms with Crippen molar-refractivity contribution >= 4 is 17.7 Å². The summed E-state index contributed by atoms with van der Waals surface area (Å²) in [6.07, 6.45) is 9.70. The lowest BCUT2D eigenvalue weighted by Crippen LogP contribution is -2.53. The third kappa shape index (κ3) is 4.37. The fourth-order valence-electron chi connectivity index (χ4n) is 4.38. The van der Waals surface area contributed by atoms with Crippen LogP contribution in [-0.4, -0.2) is 47.7 Å². The molecule has 0 spiro atoms. The molecule has 2 saturated heterocycles. The molecule has 1 amide bonds. The Morgan fingerprint density at radius 3 is 2.88 bits per heavy atom. The molecule has 4 rings (SSSR count). The minimum Gasteiger partial charge on any atom is -0.484 e. The van der Waals surface area contributed by atoms with Crippen molar-refractivity contribution in [3.63, 3.8) is 0 Å². The maximum Gasteiger partial charge on any atom is 0.261 e. The SMILES string of the molecule is O=C(COc1ccc2c(c1)CCC2)N(CC1CCCS1)C1CCCCN1. The smallest absolute Gasteiger partial charge is 0.261 e.